The number of allylic oxidation sites excluding steroid dienone is 1. The Hall–Kier alpha value is -3.06. The van der Waals surface area contributed by atoms with Crippen molar-refractivity contribution in [3.05, 3.63) is 60.0 Å². The number of oxazole rings is 1. The lowest BCUT2D eigenvalue weighted by molar-refractivity contribution is 0.475. The average molecular weight is 262 g/mol. The molecule has 0 amide bonds. The third-order valence-electron chi connectivity index (χ3n) is 2.83. The van der Waals surface area contributed by atoms with E-state index in [2.05, 4.69) is 11.1 Å². The molecule has 4 nitrogen and oxygen atoms in total. The SMILES string of the molecule is N#C/C(=C\c1cccc(O)c1)c1nc2ccccc2o1. The molecule has 2 aromatic carbocycles. The number of phenolic OH excluding ortho intramolecular Hbond substituents is 1. The molecule has 0 unspecified atom stereocenters. The van der Waals surface area contributed by atoms with Crippen molar-refractivity contribution in [2.75, 3.05) is 0 Å². The Morgan fingerprint density at radius 3 is 2.80 bits per heavy atom. The molecule has 0 radical (unpaired) electrons. The summed E-state index contributed by atoms with van der Waals surface area (Å²) < 4.78 is 5.56. The Labute approximate surface area is 115 Å². The number of benzene rings is 2. The van der Waals surface area contributed by atoms with E-state index in [1.54, 1.807) is 36.4 Å². The molecule has 3 aromatic rings. The van der Waals surface area contributed by atoms with Crippen molar-refractivity contribution in [2.45, 2.75) is 0 Å². The lowest BCUT2D eigenvalue weighted by atomic mass is 10.1. The largest absolute Gasteiger partial charge is 0.508 e. The minimum atomic E-state index is 0.147. The maximum Gasteiger partial charge on any atom is 0.238 e. The van der Waals surface area contributed by atoms with Gasteiger partial charge in [0.15, 0.2) is 5.58 Å². The summed E-state index contributed by atoms with van der Waals surface area (Å²) >= 11 is 0. The molecule has 0 aliphatic heterocycles. The molecule has 0 atom stereocenters. The second kappa shape index (κ2) is 4.90. The quantitative estimate of drug-likeness (QED) is 0.716. The number of aromatic hydroxyl groups is 1. The molecule has 20 heavy (non-hydrogen) atoms. The number of rotatable bonds is 2. The highest BCUT2D eigenvalue weighted by atomic mass is 16.3. The van der Waals surface area contributed by atoms with Crippen molar-refractivity contribution in [3.63, 3.8) is 0 Å². The predicted octanol–water partition coefficient (Wildman–Crippen LogP) is 3.60. The van der Waals surface area contributed by atoms with Gasteiger partial charge in [0.25, 0.3) is 0 Å². The van der Waals surface area contributed by atoms with Crippen LogP contribution < -0.4 is 0 Å². The van der Waals surface area contributed by atoms with E-state index >= 15 is 0 Å². The number of hydrogen-bond acceptors (Lipinski definition) is 4. The smallest absolute Gasteiger partial charge is 0.238 e. The van der Waals surface area contributed by atoms with E-state index in [1.807, 2.05) is 18.2 Å². The fourth-order valence-electron chi connectivity index (χ4n) is 1.91. The van der Waals surface area contributed by atoms with E-state index in [-0.39, 0.29) is 11.6 Å². The zero-order valence-electron chi connectivity index (χ0n) is 10.4. The number of para-hydroxylation sites is 2. The maximum absolute atomic E-state index is 9.43. The summed E-state index contributed by atoms with van der Waals surface area (Å²) in [6.07, 6.45) is 1.63. The summed E-state index contributed by atoms with van der Waals surface area (Å²) in [5.41, 5.74) is 2.37. The lowest BCUT2D eigenvalue weighted by Gasteiger charge is -1.96. The summed E-state index contributed by atoms with van der Waals surface area (Å²) in [5.74, 6) is 0.422. The summed E-state index contributed by atoms with van der Waals surface area (Å²) in [4.78, 5) is 4.28. The molecular weight excluding hydrogens is 252 g/mol. The van der Waals surface area contributed by atoms with Crippen LogP contribution in [0.5, 0.6) is 5.75 Å². The van der Waals surface area contributed by atoms with Crippen molar-refractivity contribution in [1.29, 1.82) is 5.26 Å². The van der Waals surface area contributed by atoms with Gasteiger partial charge in [-0.3, -0.25) is 0 Å². The third kappa shape index (κ3) is 2.25. The number of nitriles is 1. The normalized spacial score (nSPS) is 11.4. The lowest BCUT2D eigenvalue weighted by Crippen LogP contribution is -1.81. The van der Waals surface area contributed by atoms with Gasteiger partial charge in [-0.15, -0.1) is 0 Å². The Bertz CT molecular complexity index is 808. The molecule has 0 saturated heterocycles. The van der Waals surface area contributed by atoms with Crippen LogP contribution in [0.2, 0.25) is 0 Å². The monoisotopic (exact) mass is 262 g/mol. The van der Waals surface area contributed by atoms with E-state index in [0.29, 0.717) is 22.2 Å². The highest BCUT2D eigenvalue weighted by Crippen LogP contribution is 2.23. The van der Waals surface area contributed by atoms with E-state index in [4.69, 9.17) is 4.42 Å². The van der Waals surface area contributed by atoms with Crippen LogP contribution in [0.3, 0.4) is 0 Å². The van der Waals surface area contributed by atoms with Gasteiger partial charge in [-0.2, -0.15) is 5.26 Å². The van der Waals surface area contributed by atoms with E-state index in [9.17, 15) is 10.4 Å². The molecular formula is C16H10N2O2. The van der Waals surface area contributed by atoms with Crippen molar-refractivity contribution in [2.24, 2.45) is 0 Å². The van der Waals surface area contributed by atoms with Crippen molar-refractivity contribution < 1.29 is 9.52 Å². The molecule has 1 aromatic heterocycles. The van der Waals surface area contributed by atoms with Crippen LogP contribution in [0, 0.1) is 11.3 Å². The van der Waals surface area contributed by atoms with Crippen molar-refractivity contribution in [1.82, 2.24) is 4.98 Å². The first kappa shape index (κ1) is 12.0. The second-order valence-corrected chi connectivity index (χ2v) is 4.25. The maximum atomic E-state index is 9.43. The van der Waals surface area contributed by atoms with Crippen LogP contribution in [0.15, 0.2) is 52.9 Å². The van der Waals surface area contributed by atoms with E-state index in [1.165, 1.54) is 0 Å². The zero-order valence-corrected chi connectivity index (χ0v) is 10.4. The molecule has 4 heteroatoms. The van der Waals surface area contributed by atoms with Gasteiger partial charge in [-0.05, 0) is 35.9 Å². The van der Waals surface area contributed by atoms with Crippen LogP contribution in [0.1, 0.15) is 11.5 Å². The van der Waals surface area contributed by atoms with Gasteiger partial charge in [0, 0.05) is 0 Å². The van der Waals surface area contributed by atoms with Crippen molar-refractivity contribution >= 4 is 22.7 Å². The van der Waals surface area contributed by atoms with Gasteiger partial charge < -0.3 is 9.52 Å². The summed E-state index contributed by atoms with van der Waals surface area (Å²) in [7, 11) is 0. The Morgan fingerprint density at radius 2 is 2.05 bits per heavy atom. The summed E-state index contributed by atoms with van der Waals surface area (Å²) in [6, 6.07) is 16.1. The highest BCUT2D eigenvalue weighted by Gasteiger charge is 2.10. The van der Waals surface area contributed by atoms with E-state index < -0.39 is 0 Å². The number of nitrogens with zero attached hydrogens (tertiary/aromatic N) is 2. The van der Waals surface area contributed by atoms with Gasteiger partial charge in [0.2, 0.25) is 5.89 Å². The number of fused-ring (bicyclic) bond motifs is 1. The van der Waals surface area contributed by atoms with Crippen LogP contribution >= 0.6 is 0 Å². The number of aromatic nitrogens is 1. The fourth-order valence-corrected chi connectivity index (χ4v) is 1.91. The fraction of sp³-hybridized carbons (Fsp3) is 0. The molecule has 3 rings (SSSR count). The van der Waals surface area contributed by atoms with Gasteiger partial charge in [-0.1, -0.05) is 24.3 Å². The van der Waals surface area contributed by atoms with Gasteiger partial charge in [0.05, 0.1) is 0 Å². The molecule has 0 spiro atoms. The molecule has 96 valence electrons. The van der Waals surface area contributed by atoms with Crippen LogP contribution in [-0.4, -0.2) is 10.1 Å². The Morgan fingerprint density at radius 1 is 1.20 bits per heavy atom. The zero-order chi connectivity index (χ0) is 13.9. The first-order valence-electron chi connectivity index (χ1n) is 6.03. The average Bonchev–Trinajstić information content (AvgIpc) is 2.88. The third-order valence-corrected chi connectivity index (χ3v) is 2.83. The molecule has 0 aliphatic carbocycles. The van der Waals surface area contributed by atoms with Crippen LogP contribution in [-0.2, 0) is 0 Å². The summed E-state index contributed by atoms with van der Waals surface area (Å²) in [5, 5.41) is 18.7. The minimum absolute atomic E-state index is 0.147. The van der Waals surface area contributed by atoms with Gasteiger partial charge >= 0.3 is 0 Å². The second-order valence-electron chi connectivity index (χ2n) is 4.25. The topological polar surface area (TPSA) is 70.0 Å². The highest BCUT2D eigenvalue weighted by molar-refractivity contribution is 5.88. The minimum Gasteiger partial charge on any atom is -0.508 e. The standard InChI is InChI=1S/C16H10N2O2/c17-10-12(8-11-4-3-5-13(19)9-11)16-18-14-6-1-2-7-15(14)20-16/h1-9,19H/b12-8+. The van der Waals surface area contributed by atoms with E-state index in [0.717, 1.165) is 0 Å². The molecule has 0 fully saturated rings. The predicted molar refractivity (Wildman–Crippen MR) is 75.6 cm³/mol. The van der Waals surface area contributed by atoms with Gasteiger partial charge in [0.1, 0.15) is 22.9 Å². The molecule has 0 saturated carbocycles. The number of hydrogen-bond donors (Lipinski definition) is 1. The summed E-state index contributed by atoms with van der Waals surface area (Å²) in [6.45, 7) is 0. The molecule has 1 N–H and O–H groups in total. The van der Waals surface area contributed by atoms with Crippen molar-refractivity contribution in [3.8, 4) is 11.8 Å². The first-order valence-corrected chi connectivity index (χ1v) is 6.03. The Balaban J connectivity index is 2.07. The molecule has 0 bridgehead atoms. The molecule has 1 heterocycles. The first-order chi connectivity index (χ1) is 9.76. The Kier molecular flexibility index (Phi) is 2.94. The van der Waals surface area contributed by atoms with Crippen LogP contribution in [0.4, 0.5) is 0 Å². The van der Waals surface area contributed by atoms with Crippen LogP contribution in [0.25, 0.3) is 22.7 Å². The van der Waals surface area contributed by atoms with Gasteiger partial charge in [-0.25, -0.2) is 4.98 Å². The molecule has 0 aliphatic rings. The number of phenols is 1.